The second-order valence-corrected chi connectivity index (χ2v) is 5.08. The van der Waals surface area contributed by atoms with Gasteiger partial charge in [-0.25, -0.2) is 0 Å². The fourth-order valence-electron chi connectivity index (χ4n) is 2.52. The van der Waals surface area contributed by atoms with Gasteiger partial charge in [-0.05, 0) is 30.4 Å². The second-order valence-electron chi connectivity index (χ2n) is 5.08. The Bertz CT molecular complexity index is 589. The number of aryl methyl sites for hydroxylation is 1. The van der Waals surface area contributed by atoms with Gasteiger partial charge in [0.25, 0.3) is 0 Å². The van der Waals surface area contributed by atoms with Crippen molar-refractivity contribution >= 4 is 16.8 Å². The topological polar surface area (TPSA) is 43.3 Å². The molecule has 2 rings (SSSR count). The molecule has 1 heterocycles. The molecule has 0 saturated carbocycles. The molecule has 2 aromatic rings. The van der Waals surface area contributed by atoms with Crippen LogP contribution in [0.2, 0.25) is 0 Å². The highest BCUT2D eigenvalue weighted by atomic mass is 16.5. The van der Waals surface area contributed by atoms with E-state index in [1.54, 1.807) is 7.11 Å². The standard InChI is InChI=1S/C16H22N2O2/c1-4-13-6-5-7-14-8-9-18(16(13)14)10-15(19)17-12(2)11-20-3/h5-9,12H,4,10-11H2,1-3H3,(H,17,19). The quantitative estimate of drug-likeness (QED) is 0.878. The highest BCUT2D eigenvalue weighted by Gasteiger charge is 2.11. The van der Waals surface area contributed by atoms with Gasteiger partial charge in [-0.2, -0.15) is 0 Å². The van der Waals surface area contributed by atoms with Gasteiger partial charge in [0.2, 0.25) is 5.91 Å². The fourth-order valence-corrected chi connectivity index (χ4v) is 2.52. The number of methoxy groups -OCH3 is 1. The molecule has 0 saturated heterocycles. The maximum atomic E-state index is 12.1. The molecule has 20 heavy (non-hydrogen) atoms. The highest BCUT2D eigenvalue weighted by molar-refractivity contribution is 5.85. The van der Waals surface area contributed by atoms with Crippen LogP contribution in [0.15, 0.2) is 30.5 Å². The number of carbonyl (C=O) groups excluding carboxylic acids is 1. The SMILES string of the molecule is CCc1cccc2ccn(CC(=O)NC(C)COC)c12. The summed E-state index contributed by atoms with van der Waals surface area (Å²) in [5.74, 6) is 0.0120. The first-order valence-electron chi connectivity index (χ1n) is 7.00. The number of nitrogens with one attached hydrogen (secondary N) is 1. The van der Waals surface area contributed by atoms with Gasteiger partial charge >= 0.3 is 0 Å². The molecule has 0 aliphatic heterocycles. The minimum atomic E-state index is 0.0120. The van der Waals surface area contributed by atoms with Crippen molar-refractivity contribution in [2.24, 2.45) is 0 Å². The Morgan fingerprint density at radius 1 is 1.40 bits per heavy atom. The first-order chi connectivity index (χ1) is 9.65. The summed E-state index contributed by atoms with van der Waals surface area (Å²) in [5, 5.41) is 4.12. The number of hydrogen-bond donors (Lipinski definition) is 1. The Labute approximate surface area is 119 Å². The zero-order chi connectivity index (χ0) is 14.5. The summed E-state index contributed by atoms with van der Waals surface area (Å²) in [6.07, 6.45) is 2.94. The lowest BCUT2D eigenvalue weighted by atomic mass is 10.1. The number of para-hydroxylation sites is 1. The highest BCUT2D eigenvalue weighted by Crippen LogP contribution is 2.20. The summed E-state index contributed by atoms with van der Waals surface area (Å²) in [7, 11) is 1.63. The van der Waals surface area contributed by atoms with Gasteiger partial charge < -0.3 is 14.6 Å². The average molecular weight is 274 g/mol. The van der Waals surface area contributed by atoms with Crippen LogP contribution in [0.5, 0.6) is 0 Å². The summed E-state index contributed by atoms with van der Waals surface area (Å²) in [6, 6.07) is 8.34. The molecule has 0 bridgehead atoms. The Morgan fingerprint density at radius 3 is 2.90 bits per heavy atom. The van der Waals surface area contributed by atoms with Crippen LogP contribution >= 0.6 is 0 Å². The summed E-state index contributed by atoms with van der Waals surface area (Å²) in [4.78, 5) is 12.1. The number of carbonyl (C=O) groups is 1. The van der Waals surface area contributed by atoms with Crippen molar-refractivity contribution in [1.82, 2.24) is 9.88 Å². The summed E-state index contributed by atoms with van der Waals surface area (Å²) >= 11 is 0. The van der Waals surface area contributed by atoms with Crippen LogP contribution in [0.1, 0.15) is 19.4 Å². The van der Waals surface area contributed by atoms with Crippen LogP contribution < -0.4 is 5.32 Å². The molecular formula is C16H22N2O2. The van der Waals surface area contributed by atoms with E-state index in [9.17, 15) is 4.79 Å². The van der Waals surface area contributed by atoms with Gasteiger partial charge in [0.1, 0.15) is 6.54 Å². The third-order valence-corrected chi connectivity index (χ3v) is 3.39. The zero-order valence-corrected chi connectivity index (χ0v) is 12.3. The Balaban J connectivity index is 2.15. The van der Waals surface area contributed by atoms with E-state index in [0.29, 0.717) is 13.2 Å². The number of nitrogens with zero attached hydrogens (tertiary/aromatic N) is 1. The number of fused-ring (bicyclic) bond motifs is 1. The lowest BCUT2D eigenvalue weighted by Crippen LogP contribution is -2.37. The molecule has 0 spiro atoms. The smallest absolute Gasteiger partial charge is 0.240 e. The molecule has 1 aromatic carbocycles. The van der Waals surface area contributed by atoms with E-state index in [4.69, 9.17) is 4.74 Å². The van der Waals surface area contributed by atoms with Crippen LogP contribution in [0.3, 0.4) is 0 Å². The van der Waals surface area contributed by atoms with E-state index < -0.39 is 0 Å². The molecule has 1 aromatic heterocycles. The van der Waals surface area contributed by atoms with E-state index in [0.717, 1.165) is 11.9 Å². The Hall–Kier alpha value is -1.81. The van der Waals surface area contributed by atoms with Crippen molar-refractivity contribution in [3.63, 3.8) is 0 Å². The van der Waals surface area contributed by atoms with Crippen molar-refractivity contribution < 1.29 is 9.53 Å². The normalized spacial score (nSPS) is 12.6. The molecule has 0 radical (unpaired) electrons. The zero-order valence-electron chi connectivity index (χ0n) is 12.3. The van der Waals surface area contributed by atoms with Crippen molar-refractivity contribution in [2.75, 3.05) is 13.7 Å². The Morgan fingerprint density at radius 2 is 2.20 bits per heavy atom. The molecule has 108 valence electrons. The van der Waals surface area contributed by atoms with E-state index >= 15 is 0 Å². The van der Waals surface area contributed by atoms with Crippen LogP contribution in [0, 0.1) is 0 Å². The molecule has 1 atom stereocenters. The number of amides is 1. The van der Waals surface area contributed by atoms with Crippen molar-refractivity contribution in [1.29, 1.82) is 0 Å². The molecule has 1 unspecified atom stereocenters. The summed E-state index contributed by atoms with van der Waals surface area (Å²) < 4.78 is 7.04. The lowest BCUT2D eigenvalue weighted by molar-refractivity contribution is -0.122. The first-order valence-corrected chi connectivity index (χ1v) is 7.00. The molecule has 0 aliphatic carbocycles. The monoisotopic (exact) mass is 274 g/mol. The third-order valence-electron chi connectivity index (χ3n) is 3.39. The lowest BCUT2D eigenvalue weighted by Gasteiger charge is -2.14. The summed E-state index contributed by atoms with van der Waals surface area (Å²) in [5.41, 5.74) is 2.43. The number of benzene rings is 1. The Kier molecular flexibility index (Phi) is 4.79. The largest absolute Gasteiger partial charge is 0.383 e. The number of rotatable bonds is 6. The molecule has 4 nitrogen and oxygen atoms in total. The fraction of sp³-hybridized carbons (Fsp3) is 0.438. The maximum absolute atomic E-state index is 12.1. The van der Waals surface area contributed by atoms with E-state index in [-0.39, 0.29) is 11.9 Å². The maximum Gasteiger partial charge on any atom is 0.240 e. The predicted octanol–water partition coefficient (Wildman–Crippen LogP) is 2.35. The summed E-state index contributed by atoms with van der Waals surface area (Å²) in [6.45, 7) is 4.94. The van der Waals surface area contributed by atoms with Crippen molar-refractivity contribution in [3.8, 4) is 0 Å². The molecule has 0 aliphatic rings. The van der Waals surface area contributed by atoms with Crippen LogP contribution in [-0.4, -0.2) is 30.2 Å². The predicted molar refractivity (Wildman–Crippen MR) is 80.8 cm³/mol. The second kappa shape index (κ2) is 6.57. The van der Waals surface area contributed by atoms with Crippen molar-refractivity contribution in [3.05, 3.63) is 36.0 Å². The third kappa shape index (κ3) is 3.20. The van der Waals surface area contributed by atoms with Gasteiger partial charge in [0.15, 0.2) is 0 Å². The average Bonchev–Trinajstić information content (AvgIpc) is 2.82. The van der Waals surface area contributed by atoms with E-state index in [1.807, 2.05) is 17.7 Å². The van der Waals surface area contributed by atoms with Crippen LogP contribution in [0.4, 0.5) is 0 Å². The molecule has 1 N–H and O–H groups in total. The van der Waals surface area contributed by atoms with Crippen molar-refractivity contribution in [2.45, 2.75) is 32.9 Å². The molecule has 4 heteroatoms. The van der Waals surface area contributed by atoms with Crippen LogP contribution in [0.25, 0.3) is 10.9 Å². The minimum Gasteiger partial charge on any atom is -0.383 e. The molecule has 0 fully saturated rings. The van der Waals surface area contributed by atoms with E-state index in [2.05, 4.69) is 36.5 Å². The van der Waals surface area contributed by atoms with Gasteiger partial charge in [-0.15, -0.1) is 0 Å². The van der Waals surface area contributed by atoms with Gasteiger partial charge in [0.05, 0.1) is 12.1 Å². The molecule has 1 amide bonds. The number of hydrogen-bond acceptors (Lipinski definition) is 2. The van der Waals surface area contributed by atoms with Gasteiger partial charge in [0, 0.05) is 19.3 Å². The van der Waals surface area contributed by atoms with Gasteiger partial charge in [-0.1, -0.05) is 25.1 Å². The first kappa shape index (κ1) is 14.6. The molecular weight excluding hydrogens is 252 g/mol. The van der Waals surface area contributed by atoms with E-state index in [1.165, 1.54) is 10.9 Å². The van der Waals surface area contributed by atoms with Crippen LogP contribution in [-0.2, 0) is 22.5 Å². The minimum absolute atomic E-state index is 0.0120. The number of aromatic nitrogens is 1. The number of ether oxygens (including phenoxy) is 1. The van der Waals surface area contributed by atoms with Gasteiger partial charge in [-0.3, -0.25) is 4.79 Å².